The van der Waals surface area contributed by atoms with E-state index in [4.69, 9.17) is 9.47 Å². The fourth-order valence-corrected chi connectivity index (χ4v) is 4.58. The second-order valence-electron chi connectivity index (χ2n) is 6.71. The molecule has 3 rings (SSSR count). The zero-order chi connectivity index (χ0) is 17.1. The summed E-state index contributed by atoms with van der Waals surface area (Å²) in [6.45, 7) is 4.31. The lowest BCUT2D eigenvalue weighted by Gasteiger charge is -2.13. The molecule has 1 aromatic rings. The third-order valence-corrected chi connectivity index (χ3v) is 5.63. The summed E-state index contributed by atoms with van der Waals surface area (Å²) in [5, 5.41) is 3.57. The standard InChI is InChI=1S/C18H25NO4S/c1-11(2)23-18(21)15-12-7-4-3-5-9-14(12)24-17(15)19-16(20)13-8-6-10-22-13/h11,13H,3-10H2,1-2H3,(H,19,20)/t13-/m1/s1. The normalized spacial score (nSPS) is 20.5. The largest absolute Gasteiger partial charge is 0.459 e. The molecule has 1 amide bonds. The van der Waals surface area contributed by atoms with Gasteiger partial charge in [-0.05, 0) is 57.9 Å². The summed E-state index contributed by atoms with van der Waals surface area (Å²) in [6, 6.07) is 0. The molecule has 0 unspecified atom stereocenters. The smallest absolute Gasteiger partial charge is 0.341 e. The Labute approximate surface area is 146 Å². The third-order valence-electron chi connectivity index (χ3n) is 4.43. The molecule has 5 nitrogen and oxygen atoms in total. The van der Waals surface area contributed by atoms with Crippen LogP contribution in [0.2, 0.25) is 0 Å². The van der Waals surface area contributed by atoms with Gasteiger partial charge in [-0.3, -0.25) is 4.79 Å². The van der Waals surface area contributed by atoms with Gasteiger partial charge in [0.05, 0.1) is 11.7 Å². The molecule has 0 saturated carbocycles. The van der Waals surface area contributed by atoms with E-state index in [1.54, 1.807) is 0 Å². The van der Waals surface area contributed by atoms with Crippen LogP contribution in [-0.4, -0.2) is 30.7 Å². The Morgan fingerprint density at radius 1 is 1.21 bits per heavy atom. The number of anilines is 1. The molecule has 0 aromatic carbocycles. The van der Waals surface area contributed by atoms with E-state index < -0.39 is 6.10 Å². The van der Waals surface area contributed by atoms with E-state index in [-0.39, 0.29) is 18.0 Å². The number of carbonyl (C=O) groups is 2. The minimum absolute atomic E-state index is 0.150. The Hall–Kier alpha value is -1.40. The Balaban J connectivity index is 1.88. The molecular weight excluding hydrogens is 326 g/mol. The minimum Gasteiger partial charge on any atom is -0.459 e. The Kier molecular flexibility index (Phi) is 5.56. The second-order valence-corrected chi connectivity index (χ2v) is 7.82. The average Bonchev–Trinajstić information content (AvgIpc) is 3.10. The molecule has 1 aromatic heterocycles. The molecule has 2 aliphatic rings. The molecule has 6 heteroatoms. The zero-order valence-electron chi connectivity index (χ0n) is 14.4. The summed E-state index contributed by atoms with van der Waals surface area (Å²) < 4.78 is 10.9. The topological polar surface area (TPSA) is 64.6 Å². The second kappa shape index (κ2) is 7.66. The predicted molar refractivity (Wildman–Crippen MR) is 93.7 cm³/mol. The van der Waals surface area contributed by atoms with Crippen molar-refractivity contribution in [2.24, 2.45) is 0 Å². The molecule has 1 fully saturated rings. The van der Waals surface area contributed by atoms with E-state index in [0.29, 0.717) is 17.2 Å². The van der Waals surface area contributed by atoms with Crippen LogP contribution in [0.15, 0.2) is 0 Å². The van der Waals surface area contributed by atoms with Crippen LogP contribution >= 0.6 is 11.3 Å². The van der Waals surface area contributed by atoms with Gasteiger partial charge in [-0.2, -0.15) is 0 Å². The zero-order valence-corrected chi connectivity index (χ0v) is 15.2. The molecule has 0 spiro atoms. The van der Waals surface area contributed by atoms with Crippen LogP contribution in [0.1, 0.15) is 66.8 Å². The first kappa shape index (κ1) is 17.4. The van der Waals surface area contributed by atoms with Crippen molar-refractivity contribution in [1.82, 2.24) is 0 Å². The van der Waals surface area contributed by atoms with Gasteiger partial charge in [-0.15, -0.1) is 11.3 Å². The number of nitrogens with one attached hydrogen (secondary N) is 1. The van der Waals surface area contributed by atoms with Crippen LogP contribution in [0.25, 0.3) is 0 Å². The van der Waals surface area contributed by atoms with Crippen molar-refractivity contribution in [2.45, 2.75) is 71.0 Å². The SMILES string of the molecule is CC(C)OC(=O)c1c(NC(=O)[C@H]2CCCO2)sc2c1CCCCC2. The fourth-order valence-electron chi connectivity index (χ4n) is 3.30. The average molecular weight is 351 g/mol. The molecule has 132 valence electrons. The molecule has 1 N–H and O–H groups in total. The van der Waals surface area contributed by atoms with Gasteiger partial charge in [0.2, 0.25) is 0 Å². The van der Waals surface area contributed by atoms with Gasteiger partial charge in [0.15, 0.2) is 0 Å². The molecule has 2 heterocycles. The van der Waals surface area contributed by atoms with E-state index in [0.717, 1.165) is 44.1 Å². The van der Waals surface area contributed by atoms with Gasteiger partial charge in [-0.25, -0.2) is 4.79 Å². The molecule has 0 bridgehead atoms. The lowest BCUT2D eigenvalue weighted by atomic mass is 10.1. The molecule has 0 radical (unpaired) electrons. The molecule has 1 aliphatic heterocycles. The highest BCUT2D eigenvalue weighted by Gasteiger charge is 2.30. The van der Waals surface area contributed by atoms with Crippen molar-refractivity contribution < 1.29 is 19.1 Å². The van der Waals surface area contributed by atoms with Crippen LogP contribution in [0, 0.1) is 0 Å². The van der Waals surface area contributed by atoms with Crippen LogP contribution in [0.5, 0.6) is 0 Å². The number of fused-ring (bicyclic) bond motifs is 1. The maximum Gasteiger partial charge on any atom is 0.341 e. The van der Waals surface area contributed by atoms with E-state index in [9.17, 15) is 9.59 Å². The number of hydrogen-bond acceptors (Lipinski definition) is 5. The van der Waals surface area contributed by atoms with E-state index in [1.807, 2.05) is 13.8 Å². The highest BCUT2D eigenvalue weighted by molar-refractivity contribution is 7.17. The van der Waals surface area contributed by atoms with Crippen LogP contribution in [-0.2, 0) is 27.1 Å². The quantitative estimate of drug-likeness (QED) is 0.663. The van der Waals surface area contributed by atoms with Crippen molar-refractivity contribution >= 4 is 28.2 Å². The first-order chi connectivity index (χ1) is 11.6. The van der Waals surface area contributed by atoms with Crippen LogP contribution < -0.4 is 5.32 Å². The maximum atomic E-state index is 12.6. The Morgan fingerprint density at radius 3 is 2.71 bits per heavy atom. The van der Waals surface area contributed by atoms with Crippen LogP contribution in [0.3, 0.4) is 0 Å². The summed E-state index contributed by atoms with van der Waals surface area (Å²) >= 11 is 1.53. The van der Waals surface area contributed by atoms with Crippen molar-refractivity contribution in [3.8, 4) is 0 Å². The summed E-state index contributed by atoms with van der Waals surface area (Å²) in [5.74, 6) is -0.477. The summed E-state index contributed by atoms with van der Waals surface area (Å²) in [7, 11) is 0. The van der Waals surface area contributed by atoms with Gasteiger partial charge in [0.25, 0.3) is 5.91 Å². The number of ether oxygens (including phenoxy) is 2. The minimum atomic E-state index is -0.402. The van der Waals surface area contributed by atoms with Crippen molar-refractivity contribution in [2.75, 3.05) is 11.9 Å². The fraction of sp³-hybridized carbons (Fsp3) is 0.667. The lowest BCUT2D eigenvalue weighted by Crippen LogP contribution is -2.27. The molecule has 1 atom stereocenters. The number of rotatable bonds is 4. The maximum absolute atomic E-state index is 12.6. The van der Waals surface area contributed by atoms with E-state index in [2.05, 4.69) is 5.32 Å². The first-order valence-corrected chi connectivity index (χ1v) is 9.66. The lowest BCUT2D eigenvalue weighted by molar-refractivity contribution is -0.124. The van der Waals surface area contributed by atoms with Gasteiger partial charge in [0.1, 0.15) is 11.1 Å². The monoisotopic (exact) mass is 351 g/mol. The Bertz CT molecular complexity index is 617. The van der Waals surface area contributed by atoms with Crippen molar-refractivity contribution in [3.63, 3.8) is 0 Å². The number of hydrogen-bond donors (Lipinski definition) is 1. The first-order valence-electron chi connectivity index (χ1n) is 8.84. The Morgan fingerprint density at radius 2 is 2.00 bits per heavy atom. The van der Waals surface area contributed by atoms with E-state index >= 15 is 0 Å². The van der Waals surface area contributed by atoms with Gasteiger partial charge < -0.3 is 14.8 Å². The predicted octanol–water partition coefficient (Wildman–Crippen LogP) is 3.70. The van der Waals surface area contributed by atoms with Gasteiger partial charge >= 0.3 is 5.97 Å². The number of aryl methyl sites for hydroxylation is 1. The third kappa shape index (κ3) is 3.81. The van der Waals surface area contributed by atoms with Crippen molar-refractivity contribution in [1.29, 1.82) is 0 Å². The number of thiophene rings is 1. The molecule has 24 heavy (non-hydrogen) atoms. The number of carbonyl (C=O) groups excluding carboxylic acids is 2. The summed E-state index contributed by atoms with van der Waals surface area (Å²) in [5.41, 5.74) is 1.64. The summed E-state index contributed by atoms with van der Waals surface area (Å²) in [4.78, 5) is 26.3. The highest BCUT2D eigenvalue weighted by atomic mass is 32.1. The highest BCUT2D eigenvalue weighted by Crippen LogP contribution is 2.38. The summed E-state index contributed by atoms with van der Waals surface area (Å²) in [6.07, 6.45) is 6.29. The number of esters is 1. The van der Waals surface area contributed by atoms with Gasteiger partial charge in [-0.1, -0.05) is 6.42 Å². The molecule has 1 aliphatic carbocycles. The number of amides is 1. The molecule has 1 saturated heterocycles. The van der Waals surface area contributed by atoms with Gasteiger partial charge in [0, 0.05) is 11.5 Å². The van der Waals surface area contributed by atoms with Crippen LogP contribution in [0.4, 0.5) is 5.00 Å². The molecular formula is C18H25NO4S. The van der Waals surface area contributed by atoms with Crippen molar-refractivity contribution in [3.05, 3.63) is 16.0 Å². The van der Waals surface area contributed by atoms with E-state index in [1.165, 1.54) is 22.6 Å².